The fraction of sp³-hybridized carbons (Fsp3) is 0.278. The van der Waals surface area contributed by atoms with Crippen molar-refractivity contribution in [2.24, 2.45) is 0 Å². The number of rotatable bonds is 5. The summed E-state index contributed by atoms with van der Waals surface area (Å²) in [6, 6.07) is 12.9. The molecule has 0 spiro atoms. The highest BCUT2D eigenvalue weighted by Crippen LogP contribution is 2.30. The zero-order valence-corrected chi connectivity index (χ0v) is 14.4. The molecule has 0 radical (unpaired) electrons. The Morgan fingerprint density at radius 2 is 1.92 bits per heavy atom. The molecule has 1 aliphatic rings. The third-order valence-electron chi connectivity index (χ3n) is 3.72. The van der Waals surface area contributed by atoms with Crippen molar-refractivity contribution >= 4 is 29.1 Å². The van der Waals surface area contributed by atoms with Gasteiger partial charge in [-0.3, -0.25) is 4.79 Å². The van der Waals surface area contributed by atoms with Gasteiger partial charge in [-0.1, -0.05) is 41.4 Å². The maximum absolute atomic E-state index is 12.0. The highest BCUT2D eigenvalue weighted by Gasteiger charge is 2.20. The molecule has 0 aliphatic carbocycles. The van der Waals surface area contributed by atoms with Gasteiger partial charge in [-0.05, 0) is 36.2 Å². The van der Waals surface area contributed by atoms with Crippen LogP contribution in [0, 0.1) is 0 Å². The van der Waals surface area contributed by atoms with Gasteiger partial charge >= 0.3 is 0 Å². The first-order valence-corrected chi connectivity index (χ1v) is 8.46. The lowest BCUT2D eigenvalue weighted by Crippen LogP contribution is -2.40. The molecule has 2 aromatic rings. The van der Waals surface area contributed by atoms with E-state index in [2.05, 4.69) is 5.32 Å². The van der Waals surface area contributed by atoms with E-state index in [1.54, 1.807) is 12.1 Å². The predicted molar refractivity (Wildman–Crippen MR) is 94.1 cm³/mol. The zero-order chi connectivity index (χ0) is 16.9. The molecule has 1 atom stereocenters. The Kier molecular flexibility index (Phi) is 5.48. The van der Waals surface area contributed by atoms with Gasteiger partial charge in [-0.15, -0.1) is 0 Å². The van der Waals surface area contributed by atoms with Crippen LogP contribution >= 0.6 is 23.2 Å². The monoisotopic (exact) mass is 365 g/mol. The predicted octanol–water partition coefficient (Wildman–Crippen LogP) is 3.88. The quantitative estimate of drug-likeness (QED) is 0.874. The van der Waals surface area contributed by atoms with Crippen molar-refractivity contribution in [3.05, 3.63) is 58.1 Å². The van der Waals surface area contributed by atoms with Gasteiger partial charge in [0.1, 0.15) is 12.7 Å². The number of carbonyl (C=O) groups is 1. The Morgan fingerprint density at radius 3 is 2.71 bits per heavy atom. The van der Waals surface area contributed by atoms with Crippen molar-refractivity contribution < 1.29 is 14.3 Å². The Morgan fingerprint density at radius 1 is 1.12 bits per heavy atom. The highest BCUT2D eigenvalue weighted by molar-refractivity contribution is 6.42. The van der Waals surface area contributed by atoms with Gasteiger partial charge in [0, 0.05) is 6.42 Å². The fourth-order valence-corrected chi connectivity index (χ4v) is 2.75. The molecule has 0 saturated carbocycles. The average molecular weight is 366 g/mol. The second-order valence-corrected chi connectivity index (χ2v) is 6.36. The van der Waals surface area contributed by atoms with E-state index in [9.17, 15) is 4.79 Å². The van der Waals surface area contributed by atoms with Crippen LogP contribution in [0.15, 0.2) is 42.5 Å². The molecule has 126 valence electrons. The van der Waals surface area contributed by atoms with E-state index in [1.165, 1.54) is 0 Å². The molecule has 6 heteroatoms. The maximum Gasteiger partial charge on any atom is 0.220 e. The summed E-state index contributed by atoms with van der Waals surface area (Å²) in [6.45, 7) is 0.832. The molecule has 0 fully saturated rings. The molecule has 4 nitrogen and oxygen atoms in total. The molecule has 1 heterocycles. The van der Waals surface area contributed by atoms with Gasteiger partial charge < -0.3 is 14.8 Å². The van der Waals surface area contributed by atoms with E-state index in [-0.39, 0.29) is 12.0 Å². The number of benzene rings is 2. The average Bonchev–Trinajstić information content (AvgIpc) is 2.60. The number of nitrogens with one attached hydrogen (secondary N) is 1. The van der Waals surface area contributed by atoms with Crippen molar-refractivity contribution in [3.63, 3.8) is 0 Å². The van der Waals surface area contributed by atoms with Gasteiger partial charge in [0.2, 0.25) is 5.91 Å². The SMILES string of the molecule is O=C(CCc1ccc(Cl)c(Cl)c1)NC[C@H]1COc2ccccc2O1. The Labute approximate surface area is 150 Å². The molecule has 0 aromatic heterocycles. The zero-order valence-electron chi connectivity index (χ0n) is 12.9. The summed E-state index contributed by atoms with van der Waals surface area (Å²) in [5, 5.41) is 3.89. The van der Waals surface area contributed by atoms with Crippen LogP contribution in [0.1, 0.15) is 12.0 Å². The number of para-hydroxylation sites is 2. The summed E-state index contributed by atoms with van der Waals surface area (Å²) >= 11 is 11.8. The lowest BCUT2D eigenvalue weighted by atomic mass is 10.1. The van der Waals surface area contributed by atoms with Crippen molar-refractivity contribution in [1.29, 1.82) is 0 Å². The van der Waals surface area contributed by atoms with Crippen LogP contribution in [0.25, 0.3) is 0 Å². The fourth-order valence-electron chi connectivity index (χ4n) is 2.43. The molecule has 1 aliphatic heterocycles. The van der Waals surface area contributed by atoms with Crippen LogP contribution in [0.2, 0.25) is 10.0 Å². The minimum Gasteiger partial charge on any atom is -0.486 e. The standard InChI is InChI=1S/C18H17Cl2NO3/c19-14-7-5-12(9-15(14)20)6-8-18(22)21-10-13-11-23-16-3-1-2-4-17(16)24-13/h1-5,7,9,13H,6,8,10-11H2,(H,21,22)/t13-/m0/s1. The van der Waals surface area contributed by atoms with Gasteiger partial charge in [-0.25, -0.2) is 0 Å². The van der Waals surface area contributed by atoms with Crippen LogP contribution in [0.3, 0.4) is 0 Å². The summed E-state index contributed by atoms with van der Waals surface area (Å²) < 4.78 is 11.4. The third kappa shape index (κ3) is 4.34. The van der Waals surface area contributed by atoms with Crippen molar-refractivity contribution in [2.75, 3.05) is 13.2 Å². The molecule has 0 unspecified atom stereocenters. The number of amides is 1. The van der Waals surface area contributed by atoms with E-state index in [1.807, 2.05) is 30.3 Å². The number of ether oxygens (including phenoxy) is 2. The Bertz CT molecular complexity index is 736. The number of hydrogen-bond donors (Lipinski definition) is 1. The van der Waals surface area contributed by atoms with Gasteiger partial charge in [0.05, 0.1) is 16.6 Å². The van der Waals surface area contributed by atoms with E-state index in [0.717, 1.165) is 11.3 Å². The summed E-state index contributed by atoms with van der Waals surface area (Å²) in [7, 11) is 0. The lowest BCUT2D eigenvalue weighted by molar-refractivity contribution is -0.121. The first-order chi connectivity index (χ1) is 11.6. The van der Waals surface area contributed by atoms with Crippen LogP contribution < -0.4 is 14.8 Å². The second-order valence-electron chi connectivity index (χ2n) is 5.55. The molecule has 1 amide bonds. The van der Waals surface area contributed by atoms with Crippen molar-refractivity contribution in [3.8, 4) is 11.5 Å². The molecule has 1 N–H and O–H groups in total. The van der Waals surface area contributed by atoms with Crippen molar-refractivity contribution in [1.82, 2.24) is 5.32 Å². The van der Waals surface area contributed by atoms with Crippen LogP contribution in [0.4, 0.5) is 0 Å². The number of halogens is 2. The largest absolute Gasteiger partial charge is 0.486 e. The van der Waals surface area contributed by atoms with Crippen molar-refractivity contribution in [2.45, 2.75) is 18.9 Å². The highest BCUT2D eigenvalue weighted by atomic mass is 35.5. The van der Waals surface area contributed by atoms with Gasteiger partial charge in [-0.2, -0.15) is 0 Å². The normalized spacial score (nSPS) is 15.8. The molecule has 2 aromatic carbocycles. The smallest absolute Gasteiger partial charge is 0.220 e. The minimum atomic E-state index is -0.186. The third-order valence-corrected chi connectivity index (χ3v) is 4.46. The van der Waals surface area contributed by atoms with Gasteiger partial charge in [0.25, 0.3) is 0 Å². The van der Waals surface area contributed by atoms with E-state index >= 15 is 0 Å². The summed E-state index contributed by atoms with van der Waals surface area (Å²) in [6.07, 6.45) is 0.796. The maximum atomic E-state index is 12.0. The number of fused-ring (bicyclic) bond motifs is 1. The van der Waals surface area contributed by atoms with E-state index in [4.69, 9.17) is 32.7 Å². The van der Waals surface area contributed by atoms with Crippen LogP contribution in [0.5, 0.6) is 11.5 Å². The number of hydrogen-bond acceptors (Lipinski definition) is 3. The first-order valence-electron chi connectivity index (χ1n) is 7.71. The van der Waals surface area contributed by atoms with E-state index < -0.39 is 0 Å². The number of aryl methyl sites for hydroxylation is 1. The molecule has 3 rings (SSSR count). The molecular weight excluding hydrogens is 349 g/mol. The summed E-state index contributed by atoms with van der Waals surface area (Å²) in [5.74, 6) is 1.40. The summed E-state index contributed by atoms with van der Waals surface area (Å²) in [5.41, 5.74) is 0.978. The number of carbonyl (C=O) groups excluding carboxylic acids is 1. The topological polar surface area (TPSA) is 47.6 Å². The molecule has 24 heavy (non-hydrogen) atoms. The van der Waals surface area contributed by atoms with Gasteiger partial charge in [0.15, 0.2) is 11.5 Å². The lowest BCUT2D eigenvalue weighted by Gasteiger charge is -2.26. The van der Waals surface area contributed by atoms with E-state index in [0.29, 0.717) is 41.8 Å². The summed E-state index contributed by atoms with van der Waals surface area (Å²) in [4.78, 5) is 12.0. The second kappa shape index (κ2) is 7.77. The first kappa shape index (κ1) is 16.9. The Hall–Kier alpha value is -1.91. The molecule has 0 saturated heterocycles. The van der Waals surface area contributed by atoms with Crippen LogP contribution in [-0.4, -0.2) is 25.2 Å². The molecular formula is C18H17Cl2NO3. The minimum absolute atomic E-state index is 0.0384. The molecule has 0 bridgehead atoms. The van der Waals surface area contributed by atoms with Crippen LogP contribution in [-0.2, 0) is 11.2 Å². The Balaban J connectivity index is 1.44.